The normalized spacial score (nSPS) is 13.9. The summed E-state index contributed by atoms with van der Waals surface area (Å²) in [5.41, 5.74) is 0. The summed E-state index contributed by atoms with van der Waals surface area (Å²) in [5, 5.41) is 0. The molecule has 0 aromatic carbocycles. The molecule has 0 aromatic heterocycles. The first kappa shape index (κ1) is 25.7. The molecule has 0 heteroatoms. The van der Waals surface area contributed by atoms with Crippen LogP contribution >= 0.6 is 0 Å². The fraction of sp³-hybridized carbons (Fsp3) is 0.905. The summed E-state index contributed by atoms with van der Waals surface area (Å²) in [7, 11) is 0. The van der Waals surface area contributed by atoms with E-state index in [-0.39, 0.29) is 0 Å². The first-order chi connectivity index (χ1) is 10.1. The van der Waals surface area contributed by atoms with E-state index in [9.17, 15) is 0 Å². The van der Waals surface area contributed by atoms with Crippen LogP contribution in [0.1, 0.15) is 107 Å². The van der Waals surface area contributed by atoms with Crippen LogP contribution < -0.4 is 0 Å². The minimum atomic E-state index is 0.701. The third-order valence-electron chi connectivity index (χ3n) is 4.32. The Balaban J connectivity index is -0.000000286. The molecule has 0 N–H and O–H groups in total. The lowest BCUT2D eigenvalue weighted by atomic mass is 9.87. The second-order valence-electron chi connectivity index (χ2n) is 6.06. The summed E-state index contributed by atoms with van der Waals surface area (Å²) in [4.78, 5) is 0. The highest BCUT2D eigenvalue weighted by molar-refractivity contribution is 4.80. The summed E-state index contributed by atoms with van der Waals surface area (Å²) < 4.78 is 0. The first-order valence-corrected chi connectivity index (χ1v) is 9.69. The molecule has 0 aliphatic carbocycles. The fourth-order valence-electron chi connectivity index (χ4n) is 2.25. The molecule has 0 bridgehead atoms. The van der Waals surface area contributed by atoms with Crippen LogP contribution in [-0.2, 0) is 0 Å². The van der Waals surface area contributed by atoms with Crippen LogP contribution in [0.3, 0.4) is 0 Å². The van der Waals surface area contributed by atoms with Crippen molar-refractivity contribution in [1.82, 2.24) is 0 Å². The van der Waals surface area contributed by atoms with Gasteiger partial charge in [-0.25, -0.2) is 0 Å². The Morgan fingerprint density at radius 1 is 0.810 bits per heavy atom. The maximum atomic E-state index is 3.84. The minimum Gasteiger partial charge on any atom is -0.103 e. The Hall–Kier alpha value is -0.260. The Morgan fingerprint density at radius 2 is 1.29 bits per heavy atom. The Morgan fingerprint density at radius 3 is 1.62 bits per heavy atom. The van der Waals surface area contributed by atoms with Crippen molar-refractivity contribution >= 4 is 0 Å². The van der Waals surface area contributed by atoms with Gasteiger partial charge in [-0.3, -0.25) is 0 Å². The number of hydrogen-bond donors (Lipinski definition) is 0. The number of rotatable bonds is 10. The number of allylic oxidation sites excluding steroid dienone is 1. The summed E-state index contributed by atoms with van der Waals surface area (Å²) in [6.07, 6.45) is 13.0. The largest absolute Gasteiger partial charge is 0.103 e. The standard InChI is InChI=1S/C11H22.C8H18.C2H6/c1-5-8-9-11(7-3)10(4)6-2;1-4-6-7-8(3)5-2;1-2/h6,10-11H,2,5,7-9H2,1,3-4H3;8H,4-7H2,1-3H3;1-2H3. The Labute approximate surface area is 137 Å². The Kier molecular flexibility index (Phi) is 26.9. The van der Waals surface area contributed by atoms with Gasteiger partial charge in [-0.05, 0) is 24.2 Å². The molecule has 0 aliphatic heterocycles. The van der Waals surface area contributed by atoms with E-state index >= 15 is 0 Å². The van der Waals surface area contributed by atoms with Gasteiger partial charge in [0, 0.05) is 0 Å². The molecule has 0 spiro atoms. The molecule has 0 saturated heterocycles. The van der Waals surface area contributed by atoms with Gasteiger partial charge in [0.1, 0.15) is 0 Å². The molecule has 3 atom stereocenters. The van der Waals surface area contributed by atoms with E-state index < -0.39 is 0 Å². The van der Waals surface area contributed by atoms with Crippen LogP contribution in [0.15, 0.2) is 12.7 Å². The highest BCUT2D eigenvalue weighted by atomic mass is 14.2. The summed E-state index contributed by atoms with van der Waals surface area (Å²) in [5.74, 6) is 2.52. The van der Waals surface area contributed by atoms with E-state index in [1.807, 2.05) is 13.8 Å². The lowest BCUT2D eigenvalue weighted by molar-refractivity contribution is 0.369. The molecule has 0 amide bonds. The zero-order valence-electron chi connectivity index (χ0n) is 16.7. The molecule has 0 fully saturated rings. The Bertz CT molecular complexity index is 171. The van der Waals surface area contributed by atoms with Gasteiger partial charge >= 0.3 is 0 Å². The van der Waals surface area contributed by atoms with Gasteiger partial charge in [-0.15, -0.1) is 6.58 Å². The maximum absolute atomic E-state index is 3.84. The van der Waals surface area contributed by atoms with Crippen molar-refractivity contribution < 1.29 is 0 Å². The van der Waals surface area contributed by atoms with E-state index in [4.69, 9.17) is 0 Å². The summed E-state index contributed by atoms with van der Waals surface area (Å²) in [6, 6.07) is 0. The molecular weight excluding hydrogens is 252 g/mol. The average molecular weight is 299 g/mol. The van der Waals surface area contributed by atoms with Gasteiger partial charge < -0.3 is 0 Å². The van der Waals surface area contributed by atoms with Gasteiger partial charge in [0.25, 0.3) is 0 Å². The van der Waals surface area contributed by atoms with E-state index in [0.717, 1.165) is 11.8 Å². The fourth-order valence-corrected chi connectivity index (χ4v) is 2.25. The van der Waals surface area contributed by atoms with Crippen molar-refractivity contribution in [3.63, 3.8) is 0 Å². The van der Waals surface area contributed by atoms with Crippen molar-refractivity contribution in [2.24, 2.45) is 17.8 Å². The van der Waals surface area contributed by atoms with E-state index in [1.54, 1.807) is 0 Å². The van der Waals surface area contributed by atoms with Crippen LogP contribution in [0.4, 0.5) is 0 Å². The lowest BCUT2D eigenvalue weighted by Gasteiger charge is -2.18. The zero-order chi connectivity index (χ0) is 17.1. The molecule has 0 nitrogen and oxygen atoms in total. The quantitative estimate of drug-likeness (QED) is 0.356. The monoisotopic (exact) mass is 298 g/mol. The van der Waals surface area contributed by atoms with E-state index in [1.165, 1.54) is 51.4 Å². The van der Waals surface area contributed by atoms with Crippen LogP contribution in [-0.4, -0.2) is 0 Å². The van der Waals surface area contributed by atoms with Gasteiger partial charge in [-0.2, -0.15) is 0 Å². The lowest BCUT2D eigenvalue weighted by Crippen LogP contribution is -2.07. The van der Waals surface area contributed by atoms with Gasteiger partial charge in [0.05, 0.1) is 0 Å². The average Bonchev–Trinajstić information content (AvgIpc) is 2.55. The third-order valence-corrected chi connectivity index (χ3v) is 4.32. The molecule has 0 aliphatic rings. The molecule has 0 saturated carbocycles. The van der Waals surface area contributed by atoms with E-state index in [0.29, 0.717) is 5.92 Å². The minimum absolute atomic E-state index is 0.701. The van der Waals surface area contributed by atoms with Crippen LogP contribution in [0, 0.1) is 17.8 Å². The van der Waals surface area contributed by atoms with Crippen molar-refractivity contribution in [3.05, 3.63) is 12.7 Å². The second kappa shape index (κ2) is 22.0. The smallest absolute Gasteiger partial charge is 0.0236 e. The predicted molar refractivity (Wildman–Crippen MR) is 103 cm³/mol. The third kappa shape index (κ3) is 19.7. The molecular formula is C21H46. The van der Waals surface area contributed by atoms with Crippen LogP contribution in [0.25, 0.3) is 0 Å². The van der Waals surface area contributed by atoms with Crippen molar-refractivity contribution in [1.29, 1.82) is 0 Å². The maximum Gasteiger partial charge on any atom is -0.0236 e. The molecule has 0 radical (unpaired) electrons. The molecule has 130 valence electrons. The zero-order valence-corrected chi connectivity index (χ0v) is 16.7. The molecule has 21 heavy (non-hydrogen) atoms. The molecule has 0 rings (SSSR count). The van der Waals surface area contributed by atoms with Gasteiger partial charge in [0.15, 0.2) is 0 Å². The van der Waals surface area contributed by atoms with Crippen molar-refractivity contribution in [2.45, 2.75) is 107 Å². The second-order valence-corrected chi connectivity index (χ2v) is 6.06. The molecule has 0 aromatic rings. The highest BCUT2D eigenvalue weighted by Gasteiger charge is 2.10. The van der Waals surface area contributed by atoms with Crippen molar-refractivity contribution in [2.75, 3.05) is 0 Å². The predicted octanol–water partition coefficient (Wildman–Crippen LogP) is 8.27. The first-order valence-electron chi connectivity index (χ1n) is 9.69. The van der Waals surface area contributed by atoms with Crippen LogP contribution in [0.5, 0.6) is 0 Å². The molecule has 0 heterocycles. The highest BCUT2D eigenvalue weighted by Crippen LogP contribution is 2.22. The van der Waals surface area contributed by atoms with Crippen LogP contribution in [0.2, 0.25) is 0 Å². The molecule has 3 unspecified atom stereocenters. The summed E-state index contributed by atoms with van der Waals surface area (Å²) >= 11 is 0. The summed E-state index contributed by atoms with van der Waals surface area (Å²) in [6.45, 7) is 21.5. The van der Waals surface area contributed by atoms with Crippen molar-refractivity contribution in [3.8, 4) is 0 Å². The number of unbranched alkanes of at least 4 members (excludes halogenated alkanes) is 2. The number of hydrogen-bond acceptors (Lipinski definition) is 0. The van der Waals surface area contributed by atoms with E-state index in [2.05, 4.69) is 54.2 Å². The topological polar surface area (TPSA) is 0 Å². The SMILES string of the molecule is C=CC(C)C(CC)CCCC.CC.CCCCC(C)CC. The van der Waals surface area contributed by atoms with Gasteiger partial charge in [0.2, 0.25) is 0 Å². The van der Waals surface area contributed by atoms with Gasteiger partial charge in [-0.1, -0.05) is 106 Å².